The third-order valence-corrected chi connectivity index (χ3v) is 6.28. The third kappa shape index (κ3) is 4.47. The van der Waals surface area contributed by atoms with Gasteiger partial charge in [-0.1, -0.05) is 12.1 Å². The van der Waals surface area contributed by atoms with Crippen molar-refractivity contribution in [2.24, 2.45) is 11.3 Å². The number of nitrogens with one attached hydrogen (secondary N) is 2. The van der Waals surface area contributed by atoms with Crippen LogP contribution in [-0.4, -0.2) is 43.0 Å². The summed E-state index contributed by atoms with van der Waals surface area (Å²) >= 11 is 0. The Morgan fingerprint density at radius 3 is 2.54 bits per heavy atom. The van der Waals surface area contributed by atoms with Crippen molar-refractivity contribution in [1.82, 2.24) is 10.2 Å². The average molecular weight is 400 g/mol. The number of rotatable bonds is 3. The Morgan fingerprint density at radius 1 is 1.19 bits per heavy atom. The molecule has 0 radical (unpaired) electrons. The van der Waals surface area contributed by atoms with E-state index in [0.29, 0.717) is 23.3 Å². The summed E-state index contributed by atoms with van der Waals surface area (Å²) in [6, 6.07) is 9.04. The average Bonchev–Trinajstić information content (AvgIpc) is 3.28. The number of halogens is 2. The molecule has 4 nitrogen and oxygen atoms in total. The predicted octanol–water partition coefficient (Wildman–Crippen LogP) is 3.63. The molecule has 146 valence electrons. The van der Waals surface area contributed by atoms with Gasteiger partial charge in [0, 0.05) is 30.7 Å². The minimum Gasteiger partial charge on any atom is -0.382 e. The second-order valence-electron chi connectivity index (χ2n) is 7.98. The van der Waals surface area contributed by atoms with Crippen molar-refractivity contribution in [3.63, 3.8) is 0 Å². The first-order chi connectivity index (χ1) is 11.7. The van der Waals surface area contributed by atoms with E-state index in [2.05, 4.69) is 46.7 Å². The third-order valence-electron chi connectivity index (χ3n) is 6.28. The number of piperidine rings is 2. The standard InChI is InChI=1S/C20H29N3O.2ClH/c1-15-3-2-4-17(13-15)22-16-5-11-23(12-6-16)19(24)18-14-20(18)7-9-21-10-8-20;;/h2-4,13,16,18,21-22H,5-12,14H2,1H3;2*1H. The summed E-state index contributed by atoms with van der Waals surface area (Å²) < 4.78 is 0. The molecule has 1 saturated carbocycles. The molecule has 3 aliphatic rings. The molecule has 26 heavy (non-hydrogen) atoms. The molecule has 1 spiro atoms. The number of carbonyl (C=O) groups excluding carboxylic acids is 1. The molecule has 1 aromatic carbocycles. The van der Waals surface area contributed by atoms with Crippen LogP contribution in [0.2, 0.25) is 0 Å². The van der Waals surface area contributed by atoms with E-state index in [-0.39, 0.29) is 24.8 Å². The predicted molar refractivity (Wildman–Crippen MR) is 112 cm³/mol. The number of benzene rings is 1. The van der Waals surface area contributed by atoms with Gasteiger partial charge >= 0.3 is 0 Å². The highest BCUT2D eigenvalue weighted by molar-refractivity contribution is 5.85. The maximum Gasteiger partial charge on any atom is 0.226 e. The fraction of sp³-hybridized carbons (Fsp3) is 0.650. The van der Waals surface area contributed by atoms with Gasteiger partial charge in [-0.2, -0.15) is 0 Å². The summed E-state index contributed by atoms with van der Waals surface area (Å²) in [5, 5.41) is 7.06. The van der Waals surface area contributed by atoms with Crippen molar-refractivity contribution in [3.05, 3.63) is 29.8 Å². The Bertz CT molecular complexity index is 611. The van der Waals surface area contributed by atoms with Crippen LogP contribution in [0.5, 0.6) is 0 Å². The summed E-state index contributed by atoms with van der Waals surface area (Å²) in [7, 11) is 0. The molecule has 1 aromatic rings. The lowest BCUT2D eigenvalue weighted by atomic mass is 9.91. The van der Waals surface area contributed by atoms with Crippen LogP contribution in [0.3, 0.4) is 0 Å². The van der Waals surface area contributed by atoms with Crippen molar-refractivity contribution < 1.29 is 4.79 Å². The zero-order valence-corrected chi connectivity index (χ0v) is 17.1. The van der Waals surface area contributed by atoms with Gasteiger partial charge in [0.05, 0.1) is 0 Å². The van der Waals surface area contributed by atoms with E-state index in [1.54, 1.807) is 0 Å². The van der Waals surface area contributed by atoms with Crippen molar-refractivity contribution in [1.29, 1.82) is 0 Å². The Hall–Kier alpha value is -0.970. The molecular weight excluding hydrogens is 369 g/mol. The monoisotopic (exact) mass is 399 g/mol. The van der Waals surface area contributed by atoms with E-state index in [0.717, 1.165) is 45.4 Å². The Kier molecular flexibility index (Phi) is 7.23. The number of hydrogen-bond acceptors (Lipinski definition) is 3. The summed E-state index contributed by atoms with van der Waals surface area (Å²) in [5.74, 6) is 0.756. The fourth-order valence-corrected chi connectivity index (χ4v) is 4.61. The van der Waals surface area contributed by atoms with E-state index in [4.69, 9.17) is 0 Å². The SMILES string of the molecule is Cc1cccc(NC2CCN(C(=O)C3CC34CCNCC4)CC2)c1.Cl.Cl. The van der Waals surface area contributed by atoms with Crippen LogP contribution in [-0.2, 0) is 4.79 Å². The minimum absolute atomic E-state index is 0. The highest BCUT2D eigenvalue weighted by Gasteiger charge is 2.58. The minimum atomic E-state index is 0. The first-order valence-electron chi connectivity index (χ1n) is 9.49. The number of aryl methyl sites for hydroxylation is 1. The first-order valence-corrected chi connectivity index (χ1v) is 9.49. The van der Waals surface area contributed by atoms with Gasteiger partial charge in [0.1, 0.15) is 0 Å². The quantitative estimate of drug-likeness (QED) is 0.815. The summed E-state index contributed by atoms with van der Waals surface area (Å²) in [5.41, 5.74) is 2.85. The maximum absolute atomic E-state index is 12.8. The smallest absolute Gasteiger partial charge is 0.226 e. The topological polar surface area (TPSA) is 44.4 Å². The van der Waals surface area contributed by atoms with E-state index in [9.17, 15) is 4.79 Å². The molecule has 4 rings (SSSR count). The fourth-order valence-electron chi connectivity index (χ4n) is 4.61. The lowest BCUT2D eigenvalue weighted by Gasteiger charge is -2.34. The summed E-state index contributed by atoms with van der Waals surface area (Å²) in [4.78, 5) is 15.0. The number of amides is 1. The first kappa shape index (κ1) is 21.3. The van der Waals surface area contributed by atoms with Gasteiger partial charge in [0.2, 0.25) is 5.91 Å². The van der Waals surface area contributed by atoms with Gasteiger partial charge < -0.3 is 15.5 Å². The van der Waals surface area contributed by atoms with Crippen LogP contribution in [0.4, 0.5) is 5.69 Å². The summed E-state index contributed by atoms with van der Waals surface area (Å²) in [6.07, 6.45) is 5.63. The van der Waals surface area contributed by atoms with Gasteiger partial charge in [0.25, 0.3) is 0 Å². The van der Waals surface area contributed by atoms with E-state index in [1.165, 1.54) is 24.1 Å². The highest BCUT2D eigenvalue weighted by Crippen LogP contribution is 2.59. The Balaban J connectivity index is 0.00000121. The number of likely N-dealkylation sites (tertiary alicyclic amines) is 1. The number of nitrogens with zero attached hydrogens (tertiary/aromatic N) is 1. The number of anilines is 1. The van der Waals surface area contributed by atoms with Gasteiger partial charge in [-0.05, 0) is 75.2 Å². The van der Waals surface area contributed by atoms with Crippen LogP contribution in [0.25, 0.3) is 0 Å². The maximum atomic E-state index is 12.8. The molecule has 2 aliphatic heterocycles. The lowest BCUT2D eigenvalue weighted by molar-refractivity contribution is -0.134. The van der Waals surface area contributed by atoms with Gasteiger partial charge in [-0.25, -0.2) is 0 Å². The van der Waals surface area contributed by atoms with Crippen LogP contribution >= 0.6 is 24.8 Å². The molecule has 1 unspecified atom stereocenters. The number of carbonyl (C=O) groups is 1. The van der Waals surface area contributed by atoms with Crippen LogP contribution in [0, 0.1) is 18.3 Å². The van der Waals surface area contributed by atoms with E-state index in [1.807, 2.05) is 0 Å². The largest absolute Gasteiger partial charge is 0.382 e. The van der Waals surface area contributed by atoms with Crippen molar-refractivity contribution in [2.75, 3.05) is 31.5 Å². The second kappa shape index (κ2) is 8.81. The molecule has 1 atom stereocenters. The molecule has 2 N–H and O–H groups in total. The zero-order chi connectivity index (χ0) is 16.6. The molecule has 2 heterocycles. The zero-order valence-electron chi connectivity index (χ0n) is 15.5. The van der Waals surface area contributed by atoms with Gasteiger partial charge in [-0.3, -0.25) is 4.79 Å². The van der Waals surface area contributed by atoms with Crippen molar-refractivity contribution in [3.8, 4) is 0 Å². The molecule has 1 aliphatic carbocycles. The van der Waals surface area contributed by atoms with Gasteiger partial charge in [-0.15, -0.1) is 24.8 Å². The molecule has 1 amide bonds. The Morgan fingerprint density at radius 2 is 1.88 bits per heavy atom. The second-order valence-corrected chi connectivity index (χ2v) is 7.98. The lowest BCUT2D eigenvalue weighted by Crippen LogP contribution is -2.44. The van der Waals surface area contributed by atoms with E-state index >= 15 is 0 Å². The van der Waals surface area contributed by atoms with E-state index < -0.39 is 0 Å². The molecule has 0 aromatic heterocycles. The molecule has 2 saturated heterocycles. The molecule has 3 fully saturated rings. The molecule has 6 heteroatoms. The molecular formula is C20H31Cl2N3O. The normalized spacial score (nSPS) is 24.3. The van der Waals surface area contributed by atoms with Crippen LogP contribution in [0.1, 0.15) is 37.7 Å². The van der Waals surface area contributed by atoms with Crippen LogP contribution < -0.4 is 10.6 Å². The molecule has 0 bridgehead atoms. The van der Waals surface area contributed by atoms with Crippen LogP contribution in [0.15, 0.2) is 24.3 Å². The summed E-state index contributed by atoms with van der Waals surface area (Å²) in [6.45, 7) is 6.12. The van der Waals surface area contributed by atoms with Crippen molar-refractivity contribution in [2.45, 2.75) is 45.1 Å². The van der Waals surface area contributed by atoms with Gasteiger partial charge in [0.15, 0.2) is 0 Å². The number of hydrogen-bond donors (Lipinski definition) is 2. The highest BCUT2D eigenvalue weighted by atomic mass is 35.5. The Labute approximate surface area is 169 Å². The van der Waals surface area contributed by atoms with Crippen molar-refractivity contribution >= 4 is 36.4 Å².